The molecule has 0 spiro atoms. The zero-order valence-electron chi connectivity index (χ0n) is 14.4. The van der Waals surface area contributed by atoms with Gasteiger partial charge in [-0.25, -0.2) is 0 Å². The molecule has 0 saturated heterocycles. The van der Waals surface area contributed by atoms with Gasteiger partial charge >= 0.3 is 6.18 Å². The first-order valence-electron chi connectivity index (χ1n) is 8.21. The molecule has 4 nitrogen and oxygen atoms in total. The van der Waals surface area contributed by atoms with Crippen LogP contribution < -0.4 is 5.32 Å². The standard InChI is InChI=1S/C19H17F3N2O2S/c1-24(18(26)16-10-12-6-2-5-9-15(12)27-16)11-17(25)23-14-8-4-3-7-13(14)19(20,21)22/h2-9,16H,10-11H2,1H3,(H,23,25). The Hall–Kier alpha value is -2.48. The van der Waals surface area contributed by atoms with Gasteiger partial charge in [-0.2, -0.15) is 13.2 Å². The first-order chi connectivity index (χ1) is 12.8. The van der Waals surface area contributed by atoms with Crippen molar-refractivity contribution in [3.63, 3.8) is 0 Å². The SMILES string of the molecule is CN(CC(=O)Nc1ccccc1C(F)(F)F)C(=O)C1Cc2ccccc2S1. The number of para-hydroxylation sites is 1. The van der Waals surface area contributed by atoms with Crippen molar-refractivity contribution < 1.29 is 22.8 Å². The summed E-state index contributed by atoms with van der Waals surface area (Å²) in [5.74, 6) is -0.904. The van der Waals surface area contributed by atoms with E-state index in [1.807, 2.05) is 24.3 Å². The van der Waals surface area contributed by atoms with Crippen molar-refractivity contribution >= 4 is 29.3 Å². The molecule has 2 aromatic carbocycles. The van der Waals surface area contributed by atoms with Crippen LogP contribution in [0.4, 0.5) is 18.9 Å². The van der Waals surface area contributed by atoms with Gasteiger partial charge in [0.2, 0.25) is 11.8 Å². The highest BCUT2D eigenvalue weighted by Crippen LogP contribution is 2.37. The topological polar surface area (TPSA) is 49.4 Å². The molecule has 0 aliphatic carbocycles. The number of nitrogens with one attached hydrogen (secondary N) is 1. The van der Waals surface area contributed by atoms with Crippen LogP contribution in [0.2, 0.25) is 0 Å². The lowest BCUT2D eigenvalue weighted by atomic mass is 10.1. The Labute approximate surface area is 158 Å². The number of hydrogen-bond acceptors (Lipinski definition) is 3. The molecule has 2 aromatic rings. The zero-order chi connectivity index (χ0) is 19.6. The molecule has 2 amide bonds. The monoisotopic (exact) mass is 394 g/mol. The number of thioether (sulfide) groups is 1. The number of hydrogen-bond donors (Lipinski definition) is 1. The fourth-order valence-corrected chi connectivity index (χ4v) is 4.20. The van der Waals surface area contributed by atoms with Gasteiger partial charge in [-0.15, -0.1) is 11.8 Å². The Bertz CT molecular complexity index is 845. The minimum atomic E-state index is -4.57. The Morgan fingerprint density at radius 1 is 1.15 bits per heavy atom. The molecule has 1 aliphatic heterocycles. The number of rotatable bonds is 4. The van der Waals surface area contributed by atoms with Gasteiger partial charge in [0, 0.05) is 11.9 Å². The number of likely N-dealkylation sites (N-methyl/N-ethyl adjacent to an activating group) is 1. The van der Waals surface area contributed by atoms with E-state index in [9.17, 15) is 22.8 Å². The highest BCUT2D eigenvalue weighted by molar-refractivity contribution is 8.01. The van der Waals surface area contributed by atoms with Crippen LogP contribution in [0.15, 0.2) is 53.4 Å². The van der Waals surface area contributed by atoms with Crippen LogP contribution in [0.5, 0.6) is 0 Å². The summed E-state index contributed by atoms with van der Waals surface area (Å²) in [7, 11) is 1.47. The molecule has 0 radical (unpaired) electrons. The molecular formula is C19H17F3N2O2S. The minimum Gasteiger partial charge on any atom is -0.335 e. The molecule has 1 unspecified atom stereocenters. The first kappa shape index (κ1) is 19.3. The third kappa shape index (κ3) is 4.44. The number of fused-ring (bicyclic) bond motifs is 1. The predicted octanol–water partition coefficient (Wildman–Crippen LogP) is 3.82. The molecule has 0 bridgehead atoms. The van der Waals surface area contributed by atoms with Crippen molar-refractivity contribution in [2.24, 2.45) is 0 Å². The van der Waals surface area contributed by atoms with Crippen molar-refractivity contribution in [3.8, 4) is 0 Å². The van der Waals surface area contributed by atoms with Gasteiger partial charge in [0.05, 0.1) is 23.0 Å². The van der Waals surface area contributed by atoms with Gasteiger partial charge in [0.15, 0.2) is 0 Å². The van der Waals surface area contributed by atoms with Crippen molar-refractivity contribution in [1.29, 1.82) is 0 Å². The van der Waals surface area contributed by atoms with E-state index in [-0.39, 0.29) is 23.4 Å². The second-order valence-corrected chi connectivity index (χ2v) is 7.45. The molecule has 1 aliphatic rings. The molecule has 0 aromatic heterocycles. The van der Waals surface area contributed by atoms with Crippen molar-refractivity contribution in [2.75, 3.05) is 18.9 Å². The summed E-state index contributed by atoms with van der Waals surface area (Å²) in [6, 6.07) is 12.4. The van der Waals surface area contributed by atoms with E-state index in [2.05, 4.69) is 5.32 Å². The van der Waals surface area contributed by atoms with Crippen LogP contribution in [-0.4, -0.2) is 35.6 Å². The molecule has 8 heteroatoms. The number of anilines is 1. The largest absolute Gasteiger partial charge is 0.418 e. The molecule has 0 saturated carbocycles. The average Bonchev–Trinajstić information content (AvgIpc) is 3.04. The molecular weight excluding hydrogens is 377 g/mol. The fraction of sp³-hybridized carbons (Fsp3) is 0.263. The molecule has 1 atom stereocenters. The second-order valence-electron chi connectivity index (χ2n) is 6.20. The number of carbonyl (C=O) groups is 2. The molecule has 3 rings (SSSR count). The summed E-state index contributed by atoms with van der Waals surface area (Å²) >= 11 is 1.44. The molecule has 0 fully saturated rings. The van der Waals surface area contributed by atoms with E-state index in [1.165, 1.54) is 41.9 Å². The molecule has 142 valence electrons. The highest BCUT2D eigenvalue weighted by Gasteiger charge is 2.34. The van der Waals surface area contributed by atoms with E-state index in [0.29, 0.717) is 6.42 Å². The maximum Gasteiger partial charge on any atom is 0.418 e. The normalized spacial score (nSPS) is 15.9. The van der Waals surface area contributed by atoms with Gasteiger partial charge in [0.1, 0.15) is 0 Å². The van der Waals surface area contributed by atoms with E-state index >= 15 is 0 Å². The maximum atomic E-state index is 13.0. The van der Waals surface area contributed by atoms with Gasteiger partial charge in [-0.3, -0.25) is 9.59 Å². The number of amides is 2. The third-order valence-corrected chi connectivity index (χ3v) is 5.49. The van der Waals surface area contributed by atoms with Crippen LogP contribution in [0.25, 0.3) is 0 Å². The summed E-state index contributed by atoms with van der Waals surface area (Å²) < 4.78 is 39.0. The number of nitrogens with zero attached hydrogens (tertiary/aromatic N) is 1. The van der Waals surface area contributed by atoms with Crippen LogP contribution in [0.3, 0.4) is 0 Å². The Balaban J connectivity index is 1.61. The number of benzene rings is 2. The molecule has 1 N–H and O–H groups in total. The van der Waals surface area contributed by atoms with E-state index in [4.69, 9.17) is 0 Å². The van der Waals surface area contributed by atoms with Gasteiger partial charge in [0.25, 0.3) is 0 Å². The fourth-order valence-electron chi connectivity index (χ4n) is 2.89. The Morgan fingerprint density at radius 3 is 2.52 bits per heavy atom. The summed E-state index contributed by atoms with van der Waals surface area (Å²) in [6.07, 6.45) is -4.00. The zero-order valence-corrected chi connectivity index (χ0v) is 15.2. The van der Waals surface area contributed by atoms with Crippen molar-refractivity contribution in [2.45, 2.75) is 22.7 Å². The van der Waals surface area contributed by atoms with Crippen LogP contribution in [-0.2, 0) is 22.2 Å². The van der Waals surface area contributed by atoms with Gasteiger partial charge in [-0.05, 0) is 30.2 Å². The smallest absolute Gasteiger partial charge is 0.335 e. The lowest BCUT2D eigenvalue weighted by Crippen LogP contribution is -2.39. The Kier molecular flexibility index (Phi) is 5.46. The Morgan fingerprint density at radius 2 is 1.81 bits per heavy atom. The number of halogens is 3. The highest BCUT2D eigenvalue weighted by atomic mass is 32.2. The maximum absolute atomic E-state index is 13.0. The number of alkyl halides is 3. The van der Waals surface area contributed by atoms with E-state index in [1.54, 1.807) is 0 Å². The van der Waals surface area contributed by atoms with Crippen molar-refractivity contribution in [3.05, 3.63) is 59.7 Å². The van der Waals surface area contributed by atoms with Crippen LogP contribution in [0, 0.1) is 0 Å². The lowest BCUT2D eigenvalue weighted by Gasteiger charge is -2.20. The summed E-state index contributed by atoms with van der Waals surface area (Å²) in [6.45, 7) is -0.321. The minimum absolute atomic E-state index is 0.226. The summed E-state index contributed by atoms with van der Waals surface area (Å²) in [5, 5.41) is 1.92. The predicted molar refractivity (Wildman–Crippen MR) is 97.5 cm³/mol. The lowest BCUT2D eigenvalue weighted by molar-refractivity contribution is -0.137. The first-order valence-corrected chi connectivity index (χ1v) is 9.09. The van der Waals surface area contributed by atoms with Crippen molar-refractivity contribution in [1.82, 2.24) is 4.90 Å². The van der Waals surface area contributed by atoms with E-state index in [0.717, 1.165) is 16.5 Å². The number of carbonyl (C=O) groups excluding carboxylic acids is 2. The summed E-state index contributed by atoms with van der Waals surface area (Å²) in [5.41, 5.74) is -0.162. The molecule has 27 heavy (non-hydrogen) atoms. The average molecular weight is 394 g/mol. The van der Waals surface area contributed by atoms with Gasteiger partial charge in [-0.1, -0.05) is 30.3 Å². The van der Waals surface area contributed by atoms with Crippen LogP contribution >= 0.6 is 11.8 Å². The molecule has 1 heterocycles. The van der Waals surface area contributed by atoms with E-state index < -0.39 is 17.6 Å². The summed E-state index contributed by atoms with van der Waals surface area (Å²) in [4.78, 5) is 27.0. The third-order valence-electron chi connectivity index (χ3n) is 4.19. The van der Waals surface area contributed by atoms with Crippen LogP contribution in [0.1, 0.15) is 11.1 Å². The quantitative estimate of drug-likeness (QED) is 0.858. The van der Waals surface area contributed by atoms with Gasteiger partial charge < -0.3 is 10.2 Å². The second kappa shape index (κ2) is 7.64.